The number of likely N-dealkylation sites (N-methyl/N-ethyl adjacent to an activating group) is 1. The van der Waals surface area contributed by atoms with Gasteiger partial charge in [-0.2, -0.15) is 0 Å². The van der Waals surface area contributed by atoms with E-state index in [-0.39, 0.29) is 39.0 Å². The van der Waals surface area contributed by atoms with Gasteiger partial charge in [0, 0.05) is 6.54 Å². The summed E-state index contributed by atoms with van der Waals surface area (Å²) in [5, 5.41) is 22.1. The molecule has 0 aromatic carbocycles. The van der Waals surface area contributed by atoms with Crippen molar-refractivity contribution in [3.63, 3.8) is 0 Å². The van der Waals surface area contributed by atoms with E-state index in [1.54, 1.807) is 5.57 Å². The van der Waals surface area contributed by atoms with Crippen LogP contribution < -0.4 is 0 Å². The van der Waals surface area contributed by atoms with Gasteiger partial charge in [-0.15, -0.1) is 0 Å². The standard InChI is InChI=1S/C36H61NO4/c1-10-37(11-2)20-21-41-30(40)36-18-16-31(3,4)22-25(36)24-12-13-28-33(7)23-26(38)29(39)32(5,6)27(33)14-15-35(28,9)34(24,8)17-19-36/h12,25-29,38-39H,10-11,13-23H2,1-9H3/t25-,26+,27-,28+,29-,33-,34+,35+,36-/m0/s1. The summed E-state index contributed by atoms with van der Waals surface area (Å²) in [5.74, 6) is 1.14. The maximum absolute atomic E-state index is 14.1. The maximum atomic E-state index is 14.1. The SMILES string of the molecule is CCN(CC)CCOC(=O)[C@]12CCC(C)(C)C[C@H]1C1=CC[C@@H]3[C@@]4(C)C[C@@H](O)[C@H](O)C(C)(C)[C@@H]4CC[C@@]3(C)[C@]1(C)CC2. The van der Waals surface area contributed by atoms with Gasteiger partial charge in [0.1, 0.15) is 6.61 Å². The van der Waals surface area contributed by atoms with Gasteiger partial charge in [0.2, 0.25) is 0 Å². The van der Waals surface area contributed by atoms with Crippen LogP contribution in [0, 0.1) is 50.2 Å². The fourth-order valence-electron chi connectivity index (χ4n) is 11.7. The molecular formula is C36H61NO4. The number of ether oxygens (including phenoxy) is 1. The van der Waals surface area contributed by atoms with Crippen molar-refractivity contribution in [2.24, 2.45) is 50.2 Å². The quantitative estimate of drug-likeness (QED) is 0.265. The summed E-state index contributed by atoms with van der Waals surface area (Å²) in [6.45, 7) is 24.3. The number of hydrogen-bond acceptors (Lipinski definition) is 5. The number of aliphatic hydroxyl groups excluding tert-OH is 2. The van der Waals surface area contributed by atoms with Crippen LogP contribution in [-0.2, 0) is 9.53 Å². The fraction of sp³-hybridized carbons (Fsp3) is 0.917. The molecule has 0 bridgehead atoms. The zero-order valence-corrected chi connectivity index (χ0v) is 27.8. The number of nitrogens with zero attached hydrogens (tertiary/aromatic N) is 1. The molecule has 0 heterocycles. The maximum Gasteiger partial charge on any atom is 0.312 e. The lowest BCUT2D eigenvalue weighted by molar-refractivity contribution is -0.232. The highest BCUT2D eigenvalue weighted by atomic mass is 16.5. The Morgan fingerprint density at radius 2 is 1.59 bits per heavy atom. The lowest BCUT2D eigenvalue weighted by atomic mass is 9.33. The molecule has 5 aliphatic carbocycles. The second kappa shape index (κ2) is 10.3. The van der Waals surface area contributed by atoms with Crippen LogP contribution in [0.15, 0.2) is 11.6 Å². The molecule has 0 amide bonds. The van der Waals surface area contributed by atoms with Crippen molar-refractivity contribution in [2.75, 3.05) is 26.2 Å². The van der Waals surface area contributed by atoms with Gasteiger partial charge in [0.05, 0.1) is 17.6 Å². The molecule has 0 aliphatic heterocycles. The Morgan fingerprint density at radius 3 is 2.24 bits per heavy atom. The van der Waals surface area contributed by atoms with Crippen molar-refractivity contribution in [3.05, 3.63) is 11.6 Å². The minimum Gasteiger partial charge on any atom is -0.464 e. The first kappa shape index (κ1) is 31.5. The number of rotatable bonds is 6. The van der Waals surface area contributed by atoms with Crippen LogP contribution in [0.4, 0.5) is 0 Å². The third-order valence-electron chi connectivity index (χ3n) is 14.5. The van der Waals surface area contributed by atoms with E-state index in [0.29, 0.717) is 24.9 Å². The van der Waals surface area contributed by atoms with Gasteiger partial charge in [-0.05, 0) is 116 Å². The average molecular weight is 572 g/mol. The zero-order chi connectivity index (χ0) is 30.2. The number of aliphatic hydroxyl groups is 2. The highest BCUT2D eigenvalue weighted by molar-refractivity contribution is 5.78. The van der Waals surface area contributed by atoms with Gasteiger partial charge in [-0.3, -0.25) is 4.79 Å². The summed E-state index contributed by atoms with van der Waals surface area (Å²) in [7, 11) is 0. The average Bonchev–Trinajstić information content (AvgIpc) is 2.89. The lowest BCUT2D eigenvalue weighted by Crippen LogP contribution is -2.67. The molecule has 2 N–H and O–H groups in total. The highest BCUT2D eigenvalue weighted by Crippen LogP contribution is 2.75. The zero-order valence-electron chi connectivity index (χ0n) is 27.8. The van der Waals surface area contributed by atoms with Crippen molar-refractivity contribution in [2.45, 2.75) is 132 Å². The number of hydrogen-bond donors (Lipinski definition) is 2. The van der Waals surface area contributed by atoms with E-state index in [2.05, 4.69) is 73.3 Å². The van der Waals surface area contributed by atoms with E-state index in [0.717, 1.165) is 71.0 Å². The van der Waals surface area contributed by atoms with Crippen LogP contribution in [0.2, 0.25) is 0 Å². The predicted molar refractivity (Wildman–Crippen MR) is 165 cm³/mol. The van der Waals surface area contributed by atoms with Crippen LogP contribution in [0.5, 0.6) is 0 Å². The van der Waals surface area contributed by atoms with Crippen LogP contribution in [0.25, 0.3) is 0 Å². The molecule has 4 saturated carbocycles. The van der Waals surface area contributed by atoms with Crippen LogP contribution in [0.1, 0.15) is 120 Å². The van der Waals surface area contributed by atoms with Crippen LogP contribution in [-0.4, -0.2) is 59.5 Å². The van der Waals surface area contributed by atoms with E-state index in [1.165, 1.54) is 0 Å². The summed E-state index contributed by atoms with van der Waals surface area (Å²) in [6, 6.07) is 0. The monoisotopic (exact) mass is 571 g/mol. The molecule has 0 aromatic rings. The number of allylic oxidation sites excluding steroid dienone is 2. The Balaban J connectivity index is 1.50. The second-order valence-electron chi connectivity index (χ2n) is 17.1. The van der Waals surface area contributed by atoms with Crippen molar-refractivity contribution >= 4 is 5.97 Å². The van der Waals surface area contributed by atoms with Crippen molar-refractivity contribution < 1.29 is 19.7 Å². The number of esters is 1. The fourth-order valence-corrected chi connectivity index (χ4v) is 11.7. The summed E-state index contributed by atoms with van der Waals surface area (Å²) in [4.78, 5) is 16.5. The first-order valence-corrected chi connectivity index (χ1v) is 17.0. The van der Waals surface area contributed by atoms with E-state index in [4.69, 9.17) is 4.74 Å². The predicted octanol–water partition coefficient (Wildman–Crippen LogP) is 7.00. The summed E-state index contributed by atoms with van der Waals surface area (Å²) >= 11 is 0. The van der Waals surface area contributed by atoms with E-state index < -0.39 is 17.6 Å². The Bertz CT molecular complexity index is 1050. The summed E-state index contributed by atoms with van der Waals surface area (Å²) in [6.07, 6.45) is 10.2. The van der Waals surface area contributed by atoms with E-state index >= 15 is 0 Å². The smallest absolute Gasteiger partial charge is 0.312 e. The van der Waals surface area contributed by atoms with Gasteiger partial charge >= 0.3 is 5.97 Å². The van der Waals surface area contributed by atoms with E-state index in [9.17, 15) is 15.0 Å². The second-order valence-corrected chi connectivity index (χ2v) is 17.1. The summed E-state index contributed by atoms with van der Waals surface area (Å²) in [5.41, 5.74) is 1.16. The molecule has 5 heteroatoms. The molecule has 41 heavy (non-hydrogen) atoms. The highest BCUT2D eigenvalue weighted by Gasteiger charge is 2.70. The first-order valence-electron chi connectivity index (χ1n) is 17.0. The molecule has 0 saturated heterocycles. The number of carbonyl (C=O) groups excluding carboxylic acids is 1. The Morgan fingerprint density at radius 1 is 0.927 bits per heavy atom. The largest absolute Gasteiger partial charge is 0.464 e. The van der Waals surface area contributed by atoms with Crippen LogP contribution in [0.3, 0.4) is 0 Å². The Hall–Kier alpha value is -0.910. The van der Waals surface area contributed by atoms with Gasteiger partial charge in [0.15, 0.2) is 0 Å². The van der Waals surface area contributed by atoms with Crippen molar-refractivity contribution in [1.82, 2.24) is 4.90 Å². The van der Waals surface area contributed by atoms with Crippen molar-refractivity contribution in [3.8, 4) is 0 Å². The summed E-state index contributed by atoms with van der Waals surface area (Å²) < 4.78 is 6.16. The third kappa shape index (κ3) is 4.52. The van der Waals surface area contributed by atoms with Gasteiger partial charge in [0.25, 0.3) is 0 Å². The molecule has 0 aromatic heterocycles. The normalized spacial score (nSPS) is 46.4. The molecule has 0 unspecified atom stereocenters. The topological polar surface area (TPSA) is 70.0 Å². The molecule has 5 nitrogen and oxygen atoms in total. The molecule has 0 radical (unpaired) electrons. The molecule has 0 spiro atoms. The minimum absolute atomic E-state index is 0.0239. The molecule has 234 valence electrons. The molecule has 5 rings (SSSR count). The van der Waals surface area contributed by atoms with Gasteiger partial charge in [-0.25, -0.2) is 0 Å². The first-order chi connectivity index (χ1) is 19.0. The Labute approximate surface area is 250 Å². The van der Waals surface area contributed by atoms with Gasteiger partial charge < -0.3 is 19.8 Å². The minimum atomic E-state index is -0.670. The molecule has 5 aliphatic rings. The molecule has 4 fully saturated rings. The van der Waals surface area contributed by atoms with Gasteiger partial charge in [-0.1, -0.05) is 74.0 Å². The van der Waals surface area contributed by atoms with E-state index in [1.807, 2.05) is 0 Å². The number of carbonyl (C=O) groups is 1. The number of fused-ring (bicyclic) bond motifs is 7. The molecule has 9 atom stereocenters. The van der Waals surface area contributed by atoms with Crippen molar-refractivity contribution in [1.29, 1.82) is 0 Å². The van der Waals surface area contributed by atoms with Crippen LogP contribution >= 0.6 is 0 Å². The lowest BCUT2D eigenvalue weighted by Gasteiger charge is -2.71. The Kier molecular flexibility index (Phi) is 7.94. The third-order valence-corrected chi connectivity index (χ3v) is 14.5. The molecular weight excluding hydrogens is 510 g/mol.